The van der Waals surface area contributed by atoms with Gasteiger partial charge in [0.25, 0.3) is 0 Å². The van der Waals surface area contributed by atoms with E-state index in [1.54, 1.807) is 72.9 Å². The second-order valence-electron chi connectivity index (χ2n) is 17.5. The number of carboxylic acid groups (broad SMARTS) is 2. The third kappa shape index (κ3) is 16.1. The minimum atomic E-state index is -1.89. The van der Waals surface area contributed by atoms with E-state index < -0.39 is 96.6 Å². The molecule has 6 amide bonds. The molecule has 0 aliphatic rings. The van der Waals surface area contributed by atoms with E-state index in [1.807, 2.05) is 0 Å². The van der Waals surface area contributed by atoms with Crippen LogP contribution in [0.5, 0.6) is 17.2 Å². The standard InChI is InChI=1S/C53H56N8O13/c54-39(22-31-10-16-35(62)17-11-31)48(69)57-41(24-32-12-18-36(63)19-13-32)50(71)58-42(23-30-6-2-1-3-7-30)52(73)61-45(27-46(65)66)53(74)59-43(25-33-14-20-37(64)21-15-33)51(72)60-44(49(70)56-29-47(67)68)26-34-28-55-40-9-5-4-8-38(34)40/h1-21,28,39,41-45,55,62-64H,22-27,29,54H2,(H,56,70)(H,57,69)(H,58,71)(H,59,74)(H,60,72)(H,61,73)(H,65,66)(H,67,68)/t39-,41-,42-,43-,44-,45-/m0/s1. The van der Waals surface area contributed by atoms with E-state index in [-0.39, 0.29) is 49.4 Å². The first-order chi connectivity index (χ1) is 35.4. The van der Waals surface area contributed by atoms with Gasteiger partial charge in [0.15, 0.2) is 0 Å². The molecule has 1 aromatic heterocycles. The molecule has 6 rings (SSSR count). The first-order valence-corrected chi connectivity index (χ1v) is 23.3. The average Bonchev–Trinajstić information content (AvgIpc) is 3.78. The van der Waals surface area contributed by atoms with Crippen LogP contribution in [0, 0.1) is 0 Å². The van der Waals surface area contributed by atoms with E-state index in [0.717, 1.165) is 5.52 Å². The summed E-state index contributed by atoms with van der Waals surface area (Å²) in [5.41, 5.74) is 9.60. The molecule has 14 N–H and O–H groups in total. The van der Waals surface area contributed by atoms with Crippen molar-refractivity contribution in [2.24, 2.45) is 5.73 Å². The van der Waals surface area contributed by atoms with Crippen LogP contribution in [0.3, 0.4) is 0 Å². The van der Waals surface area contributed by atoms with Gasteiger partial charge in [-0.3, -0.25) is 38.4 Å². The molecule has 0 bridgehead atoms. The van der Waals surface area contributed by atoms with Crippen LogP contribution in [0.2, 0.25) is 0 Å². The molecule has 0 radical (unpaired) electrons. The number of para-hydroxylation sites is 1. The Balaban J connectivity index is 1.25. The molecular formula is C53H56N8O13. The lowest BCUT2D eigenvalue weighted by Gasteiger charge is -2.27. The Kier molecular flexibility index (Phi) is 18.8. The molecule has 0 saturated carbocycles. The summed E-state index contributed by atoms with van der Waals surface area (Å²) in [4.78, 5) is 111. The Hall–Kier alpha value is -9.24. The van der Waals surface area contributed by atoms with Crippen LogP contribution < -0.4 is 37.6 Å². The number of rotatable bonds is 25. The molecule has 0 unspecified atom stereocenters. The van der Waals surface area contributed by atoms with Crippen LogP contribution in [-0.4, -0.2) is 121 Å². The molecule has 0 spiro atoms. The number of amides is 6. The summed E-state index contributed by atoms with van der Waals surface area (Å²) < 4.78 is 0. The van der Waals surface area contributed by atoms with Crippen LogP contribution in [-0.2, 0) is 70.5 Å². The molecule has 6 atom stereocenters. The number of nitrogens with one attached hydrogen (secondary N) is 7. The number of aliphatic carboxylic acids is 2. The summed E-state index contributed by atoms with van der Waals surface area (Å²) in [5.74, 6) is -8.70. The number of carboxylic acids is 2. The van der Waals surface area contributed by atoms with Crippen molar-refractivity contribution in [3.8, 4) is 17.2 Å². The molecule has 74 heavy (non-hydrogen) atoms. The number of hydrogen-bond donors (Lipinski definition) is 13. The van der Waals surface area contributed by atoms with Gasteiger partial charge in [0.2, 0.25) is 35.4 Å². The normalized spacial score (nSPS) is 13.4. The molecule has 0 aliphatic carbocycles. The van der Waals surface area contributed by atoms with Crippen molar-refractivity contribution in [2.45, 2.75) is 74.8 Å². The van der Waals surface area contributed by atoms with E-state index in [2.05, 4.69) is 36.9 Å². The van der Waals surface area contributed by atoms with Crippen molar-refractivity contribution in [3.63, 3.8) is 0 Å². The smallest absolute Gasteiger partial charge is 0.322 e. The number of benzene rings is 5. The highest BCUT2D eigenvalue weighted by atomic mass is 16.4. The lowest BCUT2D eigenvalue weighted by Crippen LogP contribution is -2.60. The molecular weight excluding hydrogens is 957 g/mol. The highest BCUT2D eigenvalue weighted by molar-refractivity contribution is 5.98. The topological polar surface area (TPSA) is 352 Å². The van der Waals surface area contributed by atoms with Gasteiger partial charge in [0.1, 0.15) is 54.0 Å². The van der Waals surface area contributed by atoms with Crippen molar-refractivity contribution < 1.29 is 63.9 Å². The Morgan fingerprint density at radius 2 is 0.824 bits per heavy atom. The predicted octanol–water partition coefficient (Wildman–Crippen LogP) is 1.22. The van der Waals surface area contributed by atoms with Crippen LogP contribution >= 0.6 is 0 Å². The number of nitrogens with two attached hydrogens (primary N) is 1. The number of aromatic amines is 1. The number of fused-ring (bicyclic) bond motifs is 1. The fourth-order valence-electron chi connectivity index (χ4n) is 7.96. The number of phenols is 3. The van der Waals surface area contributed by atoms with Gasteiger partial charge in [0.05, 0.1) is 12.5 Å². The summed E-state index contributed by atoms with van der Waals surface area (Å²) in [5, 5.41) is 64.7. The van der Waals surface area contributed by atoms with Crippen molar-refractivity contribution in [3.05, 3.63) is 161 Å². The monoisotopic (exact) mass is 1010 g/mol. The summed E-state index contributed by atoms with van der Waals surface area (Å²) in [6.45, 7) is -0.779. The van der Waals surface area contributed by atoms with Gasteiger partial charge in [0, 0.05) is 42.8 Å². The first-order valence-electron chi connectivity index (χ1n) is 23.3. The maximum absolute atomic E-state index is 14.4. The fraction of sp³-hybridized carbons (Fsp3) is 0.245. The summed E-state index contributed by atoms with van der Waals surface area (Å²) >= 11 is 0. The van der Waals surface area contributed by atoms with E-state index in [9.17, 15) is 63.9 Å². The second kappa shape index (κ2) is 25.7. The lowest BCUT2D eigenvalue weighted by molar-refractivity contribution is -0.141. The molecule has 21 nitrogen and oxygen atoms in total. The van der Waals surface area contributed by atoms with Crippen LogP contribution in [0.15, 0.2) is 134 Å². The minimum Gasteiger partial charge on any atom is -0.508 e. The number of H-pyrrole nitrogens is 1. The van der Waals surface area contributed by atoms with Crippen molar-refractivity contribution in [1.82, 2.24) is 36.9 Å². The number of phenolic OH excluding ortho intramolecular Hbond substituents is 3. The molecule has 1 heterocycles. The fourth-order valence-corrected chi connectivity index (χ4v) is 7.96. The highest BCUT2D eigenvalue weighted by Crippen LogP contribution is 2.20. The maximum atomic E-state index is 14.4. The zero-order valence-electron chi connectivity index (χ0n) is 39.7. The SMILES string of the molecule is N[C@@H](Cc1ccc(O)cc1)C(=O)N[C@@H](Cc1ccc(O)cc1)C(=O)N[C@@H](Cc1ccccc1)C(=O)N[C@@H](CC(=O)O)C(=O)N[C@@H](Cc1ccc(O)cc1)C(=O)N[C@@H](Cc1c[nH]c2ccccc12)C(=O)NCC(=O)O. The summed E-state index contributed by atoms with van der Waals surface area (Å²) in [7, 11) is 0. The highest BCUT2D eigenvalue weighted by Gasteiger charge is 2.35. The van der Waals surface area contributed by atoms with Crippen molar-refractivity contribution >= 4 is 58.3 Å². The van der Waals surface area contributed by atoms with E-state index in [1.165, 1.54) is 60.7 Å². The minimum absolute atomic E-state index is 0.00481. The zero-order chi connectivity index (χ0) is 53.3. The third-order valence-electron chi connectivity index (χ3n) is 11.8. The van der Waals surface area contributed by atoms with Gasteiger partial charge in [-0.15, -0.1) is 0 Å². The summed E-state index contributed by atoms with van der Waals surface area (Å²) in [6.07, 6.45) is -0.150. The quantitative estimate of drug-likeness (QED) is 0.0384. The number of aromatic hydroxyl groups is 3. The Bertz CT molecular complexity index is 2930. The van der Waals surface area contributed by atoms with Crippen LogP contribution in [0.4, 0.5) is 0 Å². The molecule has 0 aliphatic heterocycles. The molecule has 5 aromatic carbocycles. The molecule has 0 fully saturated rings. The second-order valence-corrected chi connectivity index (χ2v) is 17.5. The number of aromatic nitrogens is 1. The van der Waals surface area contributed by atoms with Crippen molar-refractivity contribution in [1.29, 1.82) is 0 Å². The number of hydrogen-bond acceptors (Lipinski definition) is 12. The van der Waals surface area contributed by atoms with Gasteiger partial charge in [-0.2, -0.15) is 0 Å². The number of carbonyl (C=O) groups is 8. The average molecular weight is 1010 g/mol. The Labute approximate surface area is 423 Å². The predicted molar refractivity (Wildman–Crippen MR) is 268 cm³/mol. The molecule has 386 valence electrons. The summed E-state index contributed by atoms with van der Waals surface area (Å²) in [6, 6.07) is 23.9. The van der Waals surface area contributed by atoms with E-state index in [4.69, 9.17) is 5.73 Å². The third-order valence-corrected chi connectivity index (χ3v) is 11.8. The van der Waals surface area contributed by atoms with Gasteiger partial charge < -0.3 is 68.2 Å². The van der Waals surface area contributed by atoms with Gasteiger partial charge in [-0.25, -0.2) is 0 Å². The van der Waals surface area contributed by atoms with Crippen LogP contribution in [0.25, 0.3) is 10.9 Å². The first kappa shape index (κ1) is 54.1. The van der Waals surface area contributed by atoms with Gasteiger partial charge >= 0.3 is 11.9 Å². The van der Waals surface area contributed by atoms with Gasteiger partial charge in [-0.05, 0) is 76.7 Å². The lowest BCUT2D eigenvalue weighted by atomic mass is 10.0. The Morgan fingerprint density at radius 1 is 0.432 bits per heavy atom. The molecule has 0 saturated heterocycles. The van der Waals surface area contributed by atoms with Crippen molar-refractivity contribution in [2.75, 3.05) is 6.54 Å². The zero-order valence-corrected chi connectivity index (χ0v) is 39.7. The van der Waals surface area contributed by atoms with E-state index >= 15 is 0 Å². The number of carbonyl (C=O) groups excluding carboxylic acids is 6. The largest absolute Gasteiger partial charge is 0.508 e. The van der Waals surface area contributed by atoms with Crippen LogP contribution in [0.1, 0.15) is 34.2 Å². The van der Waals surface area contributed by atoms with E-state index in [0.29, 0.717) is 33.2 Å². The van der Waals surface area contributed by atoms with Gasteiger partial charge in [-0.1, -0.05) is 84.9 Å². The molecule has 21 heteroatoms. The molecule has 6 aromatic rings. The maximum Gasteiger partial charge on any atom is 0.322 e. The Morgan fingerprint density at radius 3 is 1.30 bits per heavy atom.